The van der Waals surface area contributed by atoms with E-state index in [0.717, 1.165) is 18.4 Å². The molecule has 2 fully saturated rings. The smallest absolute Gasteiger partial charge is 0.270 e. The third-order valence-corrected chi connectivity index (χ3v) is 8.29. The van der Waals surface area contributed by atoms with E-state index in [1.165, 1.54) is 20.0 Å². The number of alkyl halides is 4. The van der Waals surface area contributed by atoms with Crippen LogP contribution < -0.4 is 10.6 Å². The Morgan fingerprint density at radius 2 is 1.86 bits per heavy atom. The van der Waals surface area contributed by atoms with E-state index in [4.69, 9.17) is 0 Å². The van der Waals surface area contributed by atoms with Gasteiger partial charge in [-0.1, -0.05) is 19.9 Å². The molecular formula is C30H38F4N6O2. The minimum absolute atomic E-state index is 0.0696. The number of amides is 2. The van der Waals surface area contributed by atoms with Crippen molar-refractivity contribution in [1.82, 2.24) is 30.4 Å². The molecule has 2 aromatic heterocycles. The van der Waals surface area contributed by atoms with Crippen molar-refractivity contribution in [2.24, 2.45) is 17.3 Å². The van der Waals surface area contributed by atoms with Gasteiger partial charge in [-0.05, 0) is 68.7 Å². The molecule has 0 spiro atoms. The highest BCUT2D eigenvalue weighted by atomic mass is 19.3. The average molecular weight is 591 g/mol. The lowest BCUT2D eigenvalue weighted by Crippen LogP contribution is -2.39. The van der Waals surface area contributed by atoms with Crippen molar-refractivity contribution in [3.63, 3.8) is 0 Å². The molecule has 228 valence electrons. The van der Waals surface area contributed by atoms with E-state index in [1.54, 1.807) is 16.8 Å². The van der Waals surface area contributed by atoms with E-state index in [-0.39, 0.29) is 55.5 Å². The van der Waals surface area contributed by atoms with Crippen LogP contribution in [0.3, 0.4) is 0 Å². The molecule has 2 aliphatic carbocycles. The van der Waals surface area contributed by atoms with Crippen LogP contribution in [0.25, 0.3) is 11.0 Å². The van der Waals surface area contributed by atoms with Gasteiger partial charge in [0.1, 0.15) is 11.5 Å². The maximum Gasteiger partial charge on any atom is 0.270 e. The van der Waals surface area contributed by atoms with Gasteiger partial charge in [0, 0.05) is 36.9 Å². The van der Waals surface area contributed by atoms with Gasteiger partial charge in [-0.25, -0.2) is 22.5 Å². The SMILES string of the molecule is CC(C)n1nccc1C(=O)N[C@@H](CC(C)(C)C(F)F)c1nc2ccc(C(NC(=O)CC3CC(F)(F)C3)C3CC3)cc2[nH]1. The van der Waals surface area contributed by atoms with Crippen LogP contribution in [0.5, 0.6) is 0 Å². The van der Waals surface area contributed by atoms with Crippen molar-refractivity contribution in [2.75, 3.05) is 0 Å². The predicted molar refractivity (Wildman–Crippen MR) is 149 cm³/mol. The Bertz CT molecular complexity index is 1440. The molecule has 0 aliphatic heterocycles. The van der Waals surface area contributed by atoms with Crippen LogP contribution in [0.4, 0.5) is 17.6 Å². The maximum atomic E-state index is 13.9. The number of aromatic nitrogens is 4. The number of rotatable bonds is 12. The number of H-pyrrole nitrogens is 1. The lowest BCUT2D eigenvalue weighted by Gasteiger charge is -2.34. The first-order valence-corrected chi connectivity index (χ1v) is 14.5. The van der Waals surface area contributed by atoms with Crippen molar-refractivity contribution in [1.29, 1.82) is 0 Å². The molecule has 3 aromatic rings. The summed E-state index contributed by atoms with van der Waals surface area (Å²) >= 11 is 0. The van der Waals surface area contributed by atoms with E-state index in [9.17, 15) is 27.2 Å². The largest absolute Gasteiger partial charge is 0.349 e. The van der Waals surface area contributed by atoms with Gasteiger partial charge in [0.25, 0.3) is 5.91 Å². The fourth-order valence-corrected chi connectivity index (χ4v) is 5.70. The normalized spacial score (nSPS) is 18.7. The first kappa shape index (κ1) is 30.0. The standard InChI is InChI=1S/C30H38F4N6O2/c1-16(2)40-23(9-10-35-40)27(42)38-22(15-29(3,4)28(31)32)26-36-20-8-7-19(12-21(20)37-26)25(18-5-6-18)39-24(41)11-17-13-30(33,34)14-17/h7-10,12,16-18,22,25,28H,5-6,11,13-15H2,1-4H3,(H,36,37)(H,38,42)(H,39,41)/t22-,25?/m0/s1. The monoisotopic (exact) mass is 590 g/mol. The third-order valence-electron chi connectivity index (χ3n) is 8.29. The number of nitrogens with zero attached hydrogens (tertiary/aromatic N) is 3. The van der Waals surface area contributed by atoms with Gasteiger partial charge in [0.05, 0.1) is 23.1 Å². The van der Waals surface area contributed by atoms with Gasteiger partial charge in [0.15, 0.2) is 0 Å². The summed E-state index contributed by atoms with van der Waals surface area (Å²) in [5, 5.41) is 10.1. The van der Waals surface area contributed by atoms with Crippen molar-refractivity contribution in [3.05, 3.63) is 47.5 Å². The Morgan fingerprint density at radius 1 is 1.14 bits per heavy atom. The first-order valence-electron chi connectivity index (χ1n) is 14.5. The third kappa shape index (κ3) is 6.62. The summed E-state index contributed by atoms with van der Waals surface area (Å²) in [6.45, 7) is 6.68. The minimum Gasteiger partial charge on any atom is -0.349 e. The van der Waals surface area contributed by atoms with Crippen LogP contribution in [-0.4, -0.2) is 43.9 Å². The van der Waals surface area contributed by atoms with Gasteiger partial charge in [-0.15, -0.1) is 0 Å². The number of hydrogen-bond acceptors (Lipinski definition) is 4. The second-order valence-corrected chi connectivity index (χ2v) is 12.9. The Balaban J connectivity index is 1.38. The van der Waals surface area contributed by atoms with Gasteiger partial charge in [0.2, 0.25) is 18.3 Å². The molecule has 1 aromatic carbocycles. The lowest BCUT2D eigenvalue weighted by atomic mass is 9.79. The molecule has 2 amide bonds. The fourth-order valence-electron chi connectivity index (χ4n) is 5.70. The zero-order valence-electron chi connectivity index (χ0n) is 24.3. The van der Waals surface area contributed by atoms with Gasteiger partial charge < -0.3 is 15.6 Å². The number of benzene rings is 1. The first-order chi connectivity index (χ1) is 19.7. The minimum atomic E-state index is -2.66. The van der Waals surface area contributed by atoms with Crippen LogP contribution in [0.15, 0.2) is 30.5 Å². The van der Waals surface area contributed by atoms with Crippen LogP contribution in [0, 0.1) is 17.3 Å². The highest BCUT2D eigenvalue weighted by Gasteiger charge is 2.46. The molecule has 12 heteroatoms. The molecule has 42 heavy (non-hydrogen) atoms. The number of imidazole rings is 1. The lowest BCUT2D eigenvalue weighted by molar-refractivity contribution is -0.134. The van der Waals surface area contributed by atoms with Gasteiger partial charge in [-0.3, -0.25) is 14.3 Å². The Labute approximate surface area is 242 Å². The number of carbonyl (C=O) groups is 2. The van der Waals surface area contributed by atoms with Gasteiger partial charge >= 0.3 is 0 Å². The van der Waals surface area contributed by atoms with Crippen LogP contribution in [0.2, 0.25) is 0 Å². The summed E-state index contributed by atoms with van der Waals surface area (Å²) in [5.41, 5.74) is 0.986. The van der Waals surface area contributed by atoms with E-state index < -0.39 is 29.7 Å². The Kier molecular flexibility index (Phi) is 8.10. The molecule has 8 nitrogen and oxygen atoms in total. The maximum absolute atomic E-state index is 13.9. The van der Waals surface area contributed by atoms with Crippen LogP contribution in [0.1, 0.15) is 106 Å². The van der Waals surface area contributed by atoms with E-state index in [1.807, 2.05) is 26.0 Å². The van der Waals surface area contributed by atoms with Crippen molar-refractivity contribution >= 4 is 22.8 Å². The number of hydrogen-bond donors (Lipinski definition) is 3. The zero-order chi connectivity index (χ0) is 30.4. The number of nitrogens with one attached hydrogen (secondary N) is 3. The Hall–Kier alpha value is -3.44. The Morgan fingerprint density at radius 3 is 2.48 bits per heavy atom. The van der Waals surface area contributed by atoms with E-state index in [0.29, 0.717) is 22.6 Å². The average Bonchev–Trinajstić information content (AvgIpc) is 3.42. The number of halogens is 4. The summed E-state index contributed by atoms with van der Waals surface area (Å²) in [7, 11) is 0. The van der Waals surface area contributed by atoms with Crippen LogP contribution >= 0.6 is 0 Å². The summed E-state index contributed by atoms with van der Waals surface area (Å²) < 4.78 is 55.9. The molecule has 2 saturated carbocycles. The molecule has 5 rings (SSSR count). The summed E-state index contributed by atoms with van der Waals surface area (Å²) in [6.07, 6.45) is 0.293. The number of fused-ring (bicyclic) bond motifs is 1. The zero-order valence-corrected chi connectivity index (χ0v) is 24.3. The molecular weight excluding hydrogens is 552 g/mol. The molecule has 0 bridgehead atoms. The number of aromatic amines is 1. The molecule has 0 saturated heterocycles. The topological polar surface area (TPSA) is 105 Å². The molecule has 0 radical (unpaired) electrons. The second kappa shape index (κ2) is 11.3. The summed E-state index contributed by atoms with van der Waals surface area (Å²) in [6, 6.07) is 5.94. The van der Waals surface area contributed by atoms with Crippen LogP contribution in [-0.2, 0) is 4.79 Å². The fraction of sp³-hybridized carbons (Fsp3) is 0.600. The quantitative estimate of drug-likeness (QED) is 0.210. The van der Waals surface area contributed by atoms with Gasteiger partial charge in [-0.2, -0.15) is 5.10 Å². The highest BCUT2D eigenvalue weighted by molar-refractivity contribution is 5.92. The molecule has 3 N–H and O–H groups in total. The van der Waals surface area contributed by atoms with Crippen molar-refractivity contribution in [2.45, 2.75) is 96.7 Å². The predicted octanol–water partition coefficient (Wildman–Crippen LogP) is 6.50. The van der Waals surface area contributed by atoms with E-state index >= 15 is 0 Å². The second-order valence-electron chi connectivity index (χ2n) is 12.9. The molecule has 2 heterocycles. The van der Waals surface area contributed by atoms with E-state index in [2.05, 4.69) is 25.7 Å². The molecule has 2 atom stereocenters. The summed E-state index contributed by atoms with van der Waals surface area (Å²) in [4.78, 5) is 33.8. The number of carbonyl (C=O) groups excluding carboxylic acids is 2. The van der Waals surface area contributed by atoms with Crippen molar-refractivity contribution < 1.29 is 27.2 Å². The molecule has 2 aliphatic rings. The highest BCUT2D eigenvalue weighted by Crippen LogP contribution is 2.45. The van der Waals surface area contributed by atoms with Crippen molar-refractivity contribution in [3.8, 4) is 0 Å². The molecule has 1 unspecified atom stereocenters. The summed E-state index contributed by atoms with van der Waals surface area (Å²) in [5.74, 6) is -3.06.